The minimum absolute atomic E-state index is 0.112. The Morgan fingerprint density at radius 1 is 1.29 bits per heavy atom. The number of nitrogens with zero attached hydrogens (tertiary/aromatic N) is 1. The van der Waals surface area contributed by atoms with Crippen LogP contribution >= 0.6 is 0 Å². The lowest BCUT2D eigenvalue weighted by Crippen LogP contribution is -2.01. The summed E-state index contributed by atoms with van der Waals surface area (Å²) in [5.41, 5.74) is 0.194. The summed E-state index contributed by atoms with van der Waals surface area (Å²) < 4.78 is 34.6. The van der Waals surface area contributed by atoms with Crippen LogP contribution in [-0.2, 0) is 0 Å². The summed E-state index contributed by atoms with van der Waals surface area (Å²) in [5.74, 6) is 0.277. The number of pyridine rings is 1. The second-order valence-electron chi connectivity index (χ2n) is 2.70. The predicted molar refractivity (Wildman–Crippen MR) is 47.0 cm³/mol. The van der Waals surface area contributed by atoms with E-state index in [0.29, 0.717) is 5.56 Å². The molecule has 0 bridgehead atoms. The van der Waals surface area contributed by atoms with Crippen LogP contribution in [0.15, 0.2) is 6.07 Å². The largest absolute Gasteiger partial charge is 0.494 e. The Hall–Kier alpha value is -1.39. The fourth-order valence-electron chi connectivity index (χ4n) is 1.17. The van der Waals surface area contributed by atoms with Crippen molar-refractivity contribution in [3.8, 4) is 11.6 Å². The highest BCUT2D eigenvalue weighted by atomic mass is 19.3. The fourth-order valence-corrected chi connectivity index (χ4v) is 1.17. The molecule has 0 saturated heterocycles. The van der Waals surface area contributed by atoms with Gasteiger partial charge in [-0.3, -0.25) is 0 Å². The zero-order valence-electron chi connectivity index (χ0n) is 8.17. The number of aromatic nitrogens is 1. The number of hydrogen-bond acceptors (Lipinski definition) is 3. The Labute approximate surface area is 80.7 Å². The molecular formula is C9H11F2NO2. The van der Waals surface area contributed by atoms with E-state index in [1.54, 1.807) is 13.0 Å². The van der Waals surface area contributed by atoms with E-state index in [-0.39, 0.29) is 17.3 Å². The van der Waals surface area contributed by atoms with E-state index < -0.39 is 6.43 Å². The van der Waals surface area contributed by atoms with Gasteiger partial charge >= 0.3 is 0 Å². The van der Waals surface area contributed by atoms with Crippen molar-refractivity contribution in [2.24, 2.45) is 0 Å². The summed E-state index contributed by atoms with van der Waals surface area (Å²) in [4.78, 5) is 3.63. The molecule has 0 N–H and O–H groups in total. The minimum Gasteiger partial charge on any atom is -0.494 e. The first-order valence-electron chi connectivity index (χ1n) is 3.97. The fraction of sp³-hybridized carbons (Fsp3) is 0.444. The van der Waals surface area contributed by atoms with E-state index in [1.165, 1.54) is 14.2 Å². The van der Waals surface area contributed by atoms with Gasteiger partial charge in [-0.1, -0.05) is 0 Å². The topological polar surface area (TPSA) is 31.4 Å². The van der Waals surface area contributed by atoms with Crippen LogP contribution in [0.25, 0.3) is 0 Å². The van der Waals surface area contributed by atoms with Gasteiger partial charge in [0.1, 0.15) is 5.75 Å². The number of alkyl halides is 2. The summed E-state index contributed by atoms with van der Waals surface area (Å²) >= 11 is 0. The molecule has 78 valence electrons. The number of rotatable bonds is 3. The van der Waals surface area contributed by atoms with Gasteiger partial charge in [0.25, 0.3) is 6.43 Å². The Kier molecular flexibility index (Phi) is 3.22. The number of ether oxygens (including phenoxy) is 2. The molecule has 1 heterocycles. The average molecular weight is 203 g/mol. The van der Waals surface area contributed by atoms with Gasteiger partial charge in [0.15, 0.2) is 5.69 Å². The molecule has 0 saturated carbocycles. The van der Waals surface area contributed by atoms with Crippen LogP contribution in [0.3, 0.4) is 0 Å². The summed E-state index contributed by atoms with van der Waals surface area (Å²) in [7, 11) is 2.71. The van der Waals surface area contributed by atoms with E-state index >= 15 is 0 Å². The molecule has 1 rings (SSSR count). The monoisotopic (exact) mass is 203 g/mol. The normalized spacial score (nSPS) is 10.4. The van der Waals surface area contributed by atoms with Gasteiger partial charge in [0, 0.05) is 6.07 Å². The molecule has 0 atom stereocenters. The molecule has 3 nitrogen and oxygen atoms in total. The van der Waals surface area contributed by atoms with Crippen molar-refractivity contribution in [1.82, 2.24) is 4.98 Å². The number of hydrogen-bond donors (Lipinski definition) is 0. The molecular weight excluding hydrogens is 192 g/mol. The highest BCUT2D eigenvalue weighted by Crippen LogP contribution is 2.32. The predicted octanol–water partition coefficient (Wildman–Crippen LogP) is 2.34. The molecule has 5 heteroatoms. The van der Waals surface area contributed by atoms with E-state index in [4.69, 9.17) is 9.47 Å². The van der Waals surface area contributed by atoms with Crippen molar-refractivity contribution >= 4 is 0 Å². The van der Waals surface area contributed by atoms with E-state index in [2.05, 4.69) is 4.98 Å². The molecule has 14 heavy (non-hydrogen) atoms. The second kappa shape index (κ2) is 4.21. The molecule has 0 amide bonds. The maximum absolute atomic E-state index is 12.5. The van der Waals surface area contributed by atoms with Crippen LogP contribution in [0, 0.1) is 6.92 Å². The lowest BCUT2D eigenvalue weighted by Gasteiger charge is -2.11. The highest BCUT2D eigenvalue weighted by molar-refractivity contribution is 5.40. The summed E-state index contributed by atoms with van der Waals surface area (Å²) in [5, 5.41) is 0. The number of methoxy groups -OCH3 is 2. The van der Waals surface area contributed by atoms with E-state index in [1.807, 2.05) is 0 Å². The van der Waals surface area contributed by atoms with E-state index in [9.17, 15) is 8.78 Å². The van der Waals surface area contributed by atoms with Gasteiger partial charge in [-0.05, 0) is 12.5 Å². The van der Waals surface area contributed by atoms with Gasteiger partial charge in [-0.25, -0.2) is 13.8 Å². The zero-order valence-corrected chi connectivity index (χ0v) is 8.17. The minimum atomic E-state index is -2.67. The van der Waals surface area contributed by atoms with Gasteiger partial charge < -0.3 is 9.47 Å². The Balaban J connectivity index is 3.28. The maximum atomic E-state index is 12.5. The quantitative estimate of drug-likeness (QED) is 0.755. The van der Waals surface area contributed by atoms with Gasteiger partial charge in [-0.15, -0.1) is 0 Å². The van der Waals surface area contributed by atoms with Crippen LogP contribution < -0.4 is 9.47 Å². The van der Waals surface area contributed by atoms with Gasteiger partial charge in [0.2, 0.25) is 5.88 Å². The molecule has 0 aliphatic heterocycles. The summed E-state index contributed by atoms with van der Waals surface area (Å²) in [6, 6.07) is 1.55. The lowest BCUT2D eigenvalue weighted by molar-refractivity contribution is 0.140. The third kappa shape index (κ3) is 1.92. The molecule has 1 aromatic rings. The van der Waals surface area contributed by atoms with Crippen LogP contribution in [0.1, 0.15) is 17.7 Å². The first-order valence-corrected chi connectivity index (χ1v) is 3.97. The molecule has 1 aromatic heterocycles. The molecule has 0 unspecified atom stereocenters. The maximum Gasteiger partial charge on any atom is 0.284 e. The average Bonchev–Trinajstić information content (AvgIpc) is 2.16. The summed E-state index contributed by atoms with van der Waals surface area (Å²) in [6.45, 7) is 1.66. The number of aryl methyl sites for hydroxylation is 1. The lowest BCUT2D eigenvalue weighted by atomic mass is 10.2. The third-order valence-electron chi connectivity index (χ3n) is 1.78. The number of halogens is 2. The Morgan fingerprint density at radius 2 is 1.93 bits per heavy atom. The first kappa shape index (κ1) is 10.7. The smallest absolute Gasteiger partial charge is 0.284 e. The molecule has 0 spiro atoms. The molecule has 0 radical (unpaired) electrons. The second-order valence-corrected chi connectivity index (χ2v) is 2.70. The van der Waals surface area contributed by atoms with Gasteiger partial charge in [0.05, 0.1) is 14.2 Å². The summed E-state index contributed by atoms with van der Waals surface area (Å²) in [6.07, 6.45) is -2.67. The Bertz CT molecular complexity index is 329. The van der Waals surface area contributed by atoms with Crippen molar-refractivity contribution < 1.29 is 18.3 Å². The van der Waals surface area contributed by atoms with Gasteiger partial charge in [-0.2, -0.15) is 0 Å². The van der Waals surface area contributed by atoms with Crippen LogP contribution in [0.5, 0.6) is 11.6 Å². The van der Waals surface area contributed by atoms with Crippen molar-refractivity contribution in [1.29, 1.82) is 0 Å². The Morgan fingerprint density at radius 3 is 2.36 bits per heavy atom. The zero-order chi connectivity index (χ0) is 10.7. The standard InChI is InChI=1S/C9H11F2NO2/c1-5-4-6(13-2)12-7(9(10)11)8(5)14-3/h4,9H,1-3H3. The van der Waals surface area contributed by atoms with Crippen LogP contribution in [0.4, 0.5) is 8.78 Å². The van der Waals surface area contributed by atoms with Crippen molar-refractivity contribution in [3.05, 3.63) is 17.3 Å². The van der Waals surface area contributed by atoms with Crippen LogP contribution in [0.2, 0.25) is 0 Å². The third-order valence-corrected chi connectivity index (χ3v) is 1.78. The molecule has 0 aliphatic rings. The van der Waals surface area contributed by atoms with Crippen molar-refractivity contribution in [3.63, 3.8) is 0 Å². The van der Waals surface area contributed by atoms with Crippen molar-refractivity contribution in [2.75, 3.05) is 14.2 Å². The van der Waals surface area contributed by atoms with E-state index in [0.717, 1.165) is 0 Å². The SMILES string of the molecule is COc1cc(C)c(OC)c(C(F)F)n1. The van der Waals surface area contributed by atoms with Crippen LogP contribution in [-0.4, -0.2) is 19.2 Å². The molecule has 0 aliphatic carbocycles. The first-order chi connectivity index (χ1) is 6.60. The van der Waals surface area contributed by atoms with Crippen molar-refractivity contribution in [2.45, 2.75) is 13.3 Å². The molecule has 0 fully saturated rings. The highest BCUT2D eigenvalue weighted by Gasteiger charge is 2.19. The molecule has 0 aromatic carbocycles.